The van der Waals surface area contributed by atoms with Gasteiger partial charge < -0.3 is 10.6 Å². The summed E-state index contributed by atoms with van der Waals surface area (Å²) in [6, 6.07) is 12.7. The number of carbonyl (C=O) groups is 1. The molecule has 0 aromatic heterocycles. The molecule has 1 aliphatic carbocycles. The van der Waals surface area contributed by atoms with Gasteiger partial charge in [0.25, 0.3) is 5.91 Å². The molecule has 1 atom stereocenters. The van der Waals surface area contributed by atoms with Crippen LogP contribution in [0.5, 0.6) is 0 Å². The number of rotatable bonds is 1. The van der Waals surface area contributed by atoms with Crippen LogP contribution in [0.15, 0.2) is 36.4 Å². The molecule has 2 aromatic rings. The standard InChI is InChI=1S/C21H24N2O/c1-14-6-8-19(20-12-17(22)7-9-18(14)20)21(24)23-11-10-15-4-2-3-5-16(15)13-23/h2-6,8,17H,7,9-13,22H2,1H3/t17-/m1/s1. The summed E-state index contributed by atoms with van der Waals surface area (Å²) in [5, 5.41) is 0. The molecular formula is C21H24N2O. The fourth-order valence-corrected chi connectivity index (χ4v) is 4.13. The molecule has 4 rings (SSSR count). The lowest BCUT2D eigenvalue weighted by molar-refractivity contribution is 0.0733. The van der Waals surface area contributed by atoms with Gasteiger partial charge in [0.15, 0.2) is 0 Å². The van der Waals surface area contributed by atoms with Gasteiger partial charge in [0.1, 0.15) is 0 Å². The monoisotopic (exact) mass is 320 g/mol. The maximum absolute atomic E-state index is 13.2. The van der Waals surface area contributed by atoms with Crippen LogP contribution >= 0.6 is 0 Å². The molecule has 2 aromatic carbocycles. The second-order valence-corrected chi connectivity index (χ2v) is 7.14. The van der Waals surface area contributed by atoms with Gasteiger partial charge in [-0.25, -0.2) is 0 Å². The lowest BCUT2D eigenvalue weighted by Gasteiger charge is -2.31. The zero-order valence-corrected chi connectivity index (χ0v) is 14.2. The molecule has 124 valence electrons. The Morgan fingerprint density at radius 2 is 1.88 bits per heavy atom. The fourth-order valence-electron chi connectivity index (χ4n) is 4.13. The first kappa shape index (κ1) is 15.4. The molecule has 0 spiro atoms. The normalized spacial score (nSPS) is 19.6. The van der Waals surface area contributed by atoms with Crippen LogP contribution in [0, 0.1) is 6.92 Å². The third kappa shape index (κ3) is 2.63. The third-order valence-electron chi connectivity index (χ3n) is 5.55. The highest BCUT2D eigenvalue weighted by Crippen LogP contribution is 2.29. The summed E-state index contributed by atoms with van der Waals surface area (Å²) in [5.74, 6) is 0.162. The van der Waals surface area contributed by atoms with Gasteiger partial charge in [-0.05, 0) is 66.5 Å². The summed E-state index contributed by atoms with van der Waals surface area (Å²) in [4.78, 5) is 15.2. The quantitative estimate of drug-likeness (QED) is 0.878. The minimum Gasteiger partial charge on any atom is -0.334 e. The first-order chi connectivity index (χ1) is 11.6. The Balaban J connectivity index is 1.66. The summed E-state index contributed by atoms with van der Waals surface area (Å²) in [5.41, 5.74) is 13.5. The van der Waals surface area contributed by atoms with Crippen LogP contribution in [-0.2, 0) is 25.8 Å². The number of aryl methyl sites for hydroxylation is 1. The van der Waals surface area contributed by atoms with E-state index < -0.39 is 0 Å². The van der Waals surface area contributed by atoms with Crippen molar-refractivity contribution in [2.45, 2.75) is 45.2 Å². The van der Waals surface area contributed by atoms with Crippen LogP contribution in [0.4, 0.5) is 0 Å². The average Bonchev–Trinajstić information content (AvgIpc) is 2.61. The number of hydrogen-bond acceptors (Lipinski definition) is 2. The predicted octanol–water partition coefficient (Wildman–Crippen LogP) is 3.01. The van der Waals surface area contributed by atoms with E-state index >= 15 is 0 Å². The Morgan fingerprint density at radius 3 is 2.71 bits per heavy atom. The summed E-state index contributed by atoms with van der Waals surface area (Å²) < 4.78 is 0. The summed E-state index contributed by atoms with van der Waals surface area (Å²) >= 11 is 0. The van der Waals surface area contributed by atoms with E-state index in [4.69, 9.17) is 5.73 Å². The molecule has 2 N–H and O–H groups in total. The topological polar surface area (TPSA) is 46.3 Å². The molecule has 24 heavy (non-hydrogen) atoms. The van der Waals surface area contributed by atoms with E-state index in [0.717, 1.165) is 37.8 Å². The maximum atomic E-state index is 13.2. The van der Waals surface area contributed by atoms with E-state index in [0.29, 0.717) is 6.54 Å². The van der Waals surface area contributed by atoms with Crippen molar-refractivity contribution in [1.29, 1.82) is 0 Å². The molecule has 3 nitrogen and oxygen atoms in total. The molecule has 1 aliphatic heterocycles. The number of benzene rings is 2. The first-order valence-corrected chi connectivity index (χ1v) is 8.86. The number of nitrogens with two attached hydrogens (primary N) is 1. The summed E-state index contributed by atoms with van der Waals surface area (Å²) in [6.45, 7) is 3.65. The highest BCUT2D eigenvalue weighted by atomic mass is 16.2. The largest absolute Gasteiger partial charge is 0.334 e. The van der Waals surface area contributed by atoms with E-state index in [-0.39, 0.29) is 11.9 Å². The van der Waals surface area contributed by atoms with Crippen molar-refractivity contribution in [3.05, 3.63) is 69.8 Å². The fraction of sp³-hybridized carbons (Fsp3) is 0.381. The van der Waals surface area contributed by atoms with Gasteiger partial charge in [-0.2, -0.15) is 0 Å². The number of amides is 1. The van der Waals surface area contributed by atoms with E-state index in [1.165, 1.54) is 27.8 Å². The summed E-state index contributed by atoms with van der Waals surface area (Å²) in [7, 11) is 0. The molecule has 2 aliphatic rings. The Bertz CT molecular complexity index is 796. The van der Waals surface area contributed by atoms with Crippen LogP contribution in [0.3, 0.4) is 0 Å². The SMILES string of the molecule is Cc1ccc(C(=O)N2CCc3ccccc3C2)c2c1CC[C@@H](N)C2. The van der Waals surface area contributed by atoms with Gasteiger partial charge in [0.2, 0.25) is 0 Å². The van der Waals surface area contributed by atoms with Crippen LogP contribution in [0.2, 0.25) is 0 Å². The van der Waals surface area contributed by atoms with Crippen molar-refractivity contribution in [2.24, 2.45) is 5.73 Å². The van der Waals surface area contributed by atoms with Crippen molar-refractivity contribution in [2.75, 3.05) is 6.54 Å². The Labute approximate surface area is 143 Å². The Kier molecular flexibility index (Phi) is 3.89. The van der Waals surface area contributed by atoms with Crippen LogP contribution in [0.25, 0.3) is 0 Å². The van der Waals surface area contributed by atoms with Crippen LogP contribution < -0.4 is 5.73 Å². The van der Waals surface area contributed by atoms with Crippen LogP contribution in [0.1, 0.15) is 44.6 Å². The van der Waals surface area contributed by atoms with Crippen molar-refractivity contribution >= 4 is 5.91 Å². The number of carbonyl (C=O) groups excluding carboxylic acids is 1. The summed E-state index contributed by atoms with van der Waals surface area (Å²) in [6.07, 6.45) is 3.77. The zero-order chi connectivity index (χ0) is 16.7. The number of fused-ring (bicyclic) bond motifs is 2. The first-order valence-electron chi connectivity index (χ1n) is 8.86. The molecule has 0 saturated carbocycles. The van der Waals surface area contributed by atoms with E-state index in [9.17, 15) is 4.79 Å². The highest BCUT2D eigenvalue weighted by molar-refractivity contribution is 5.96. The smallest absolute Gasteiger partial charge is 0.254 e. The van der Waals surface area contributed by atoms with E-state index in [2.05, 4.69) is 37.3 Å². The van der Waals surface area contributed by atoms with Crippen molar-refractivity contribution in [1.82, 2.24) is 4.90 Å². The lowest BCUT2D eigenvalue weighted by atomic mass is 9.83. The molecule has 0 unspecified atom stereocenters. The minimum atomic E-state index is 0.162. The molecule has 1 amide bonds. The van der Waals surface area contributed by atoms with Crippen molar-refractivity contribution < 1.29 is 4.79 Å². The van der Waals surface area contributed by atoms with Gasteiger partial charge in [-0.3, -0.25) is 4.79 Å². The van der Waals surface area contributed by atoms with E-state index in [1.807, 2.05) is 11.0 Å². The molecule has 0 radical (unpaired) electrons. The molecular weight excluding hydrogens is 296 g/mol. The van der Waals surface area contributed by atoms with E-state index in [1.54, 1.807) is 0 Å². The Morgan fingerprint density at radius 1 is 1.08 bits per heavy atom. The second kappa shape index (κ2) is 6.06. The zero-order valence-electron chi connectivity index (χ0n) is 14.2. The highest BCUT2D eigenvalue weighted by Gasteiger charge is 2.27. The molecule has 3 heteroatoms. The molecule has 0 fully saturated rings. The van der Waals surface area contributed by atoms with Gasteiger partial charge in [-0.1, -0.05) is 30.3 Å². The average molecular weight is 320 g/mol. The van der Waals surface area contributed by atoms with Gasteiger partial charge in [-0.15, -0.1) is 0 Å². The third-order valence-corrected chi connectivity index (χ3v) is 5.55. The lowest BCUT2D eigenvalue weighted by Crippen LogP contribution is -2.37. The molecule has 1 heterocycles. The maximum Gasteiger partial charge on any atom is 0.254 e. The second-order valence-electron chi connectivity index (χ2n) is 7.14. The number of hydrogen-bond donors (Lipinski definition) is 1. The molecule has 0 bridgehead atoms. The predicted molar refractivity (Wildman–Crippen MR) is 96.1 cm³/mol. The van der Waals surface area contributed by atoms with Gasteiger partial charge in [0, 0.05) is 24.7 Å². The van der Waals surface area contributed by atoms with Gasteiger partial charge >= 0.3 is 0 Å². The number of nitrogens with zero attached hydrogens (tertiary/aromatic N) is 1. The van der Waals surface area contributed by atoms with Gasteiger partial charge in [0.05, 0.1) is 0 Å². The van der Waals surface area contributed by atoms with Crippen molar-refractivity contribution in [3.8, 4) is 0 Å². The molecule has 0 saturated heterocycles. The minimum absolute atomic E-state index is 0.162. The Hall–Kier alpha value is -2.13. The van der Waals surface area contributed by atoms with Crippen LogP contribution in [-0.4, -0.2) is 23.4 Å². The van der Waals surface area contributed by atoms with Crippen molar-refractivity contribution in [3.63, 3.8) is 0 Å².